The monoisotopic (exact) mass is 303 g/mol. The van der Waals surface area contributed by atoms with Gasteiger partial charge in [-0.05, 0) is 30.7 Å². The van der Waals surface area contributed by atoms with Crippen molar-refractivity contribution in [3.05, 3.63) is 40.9 Å². The molecule has 1 aliphatic heterocycles. The Balaban J connectivity index is 1.97. The van der Waals surface area contributed by atoms with Crippen molar-refractivity contribution in [1.82, 2.24) is 0 Å². The van der Waals surface area contributed by atoms with E-state index in [9.17, 15) is 4.79 Å². The molecule has 0 saturated heterocycles. The summed E-state index contributed by atoms with van der Waals surface area (Å²) in [6.45, 7) is 1.93. The molecule has 0 aromatic heterocycles. The zero-order chi connectivity index (χ0) is 15.0. The maximum Gasteiger partial charge on any atom is 0.262 e. The van der Waals surface area contributed by atoms with E-state index < -0.39 is 0 Å². The average Bonchev–Trinajstić information content (AvgIpc) is 2.45. The van der Waals surface area contributed by atoms with E-state index in [0.29, 0.717) is 27.8 Å². The number of hydrogen-bond donors (Lipinski definition) is 3. The van der Waals surface area contributed by atoms with Gasteiger partial charge in [0.25, 0.3) is 5.91 Å². The minimum absolute atomic E-state index is 0.00656. The van der Waals surface area contributed by atoms with Crippen molar-refractivity contribution in [2.24, 2.45) is 0 Å². The van der Waals surface area contributed by atoms with E-state index in [0.717, 1.165) is 11.3 Å². The number of nitrogen functional groups attached to an aromatic ring is 1. The first kappa shape index (κ1) is 13.6. The molecule has 1 amide bonds. The van der Waals surface area contributed by atoms with Crippen molar-refractivity contribution < 1.29 is 9.53 Å². The number of rotatable bonds is 2. The Hall–Kier alpha value is -2.40. The fourth-order valence-corrected chi connectivity index (χ4v) is 2.31. The Morgan fingerprint density at radius 1 is 1.33 bits per heavy atom. The predicted molar refractivity (Wildman–Crippen MR) is 84.5 cm³/mol. The number of nitrogens with two attached hydrogens (primary N) is 1. The summed E-state index contributed by atoms with van der Waals surface area (Å²) in [4.78, 5) is 11.4. The molecule has 108 valence electrons. The van der Waals surface area contributed by atoms with Crippen LogP contribution in [0.25, 0.3) is 0 Å². The summed E-state index contributed by atoms with van der Waals surface area (Å²) >= 11 is 6.11. The van der Waals surface area contributed by atoms with Gasteiger partial charge in [-0.1, -0.05) is 17.7 Å². The highest BCUT2D eigenvalue weighted by Gasteiger charge is 2.18. The molecular formula is C15H14ClN3O2. The van der Waals surface area contributed by atoms with Crippen LogP contribution >= 0.6 is 11.6 Å². The second kappa shape index (κ2) is 5.18. The first-order valence-corrected chi connectivity index (χ1v) is 6.80. The van der Waals surface area contributed by atoms with Gasteiger partial charge in [-0.15, -0.1) is 0 Å². The molecule has 1 heterocycles. The van der Waals surface area contributed by atoms with Crippen molar-refractivity contribution >= 4 is 40.3 Å². The fraction of sp³-hybridized carbons (Fsp3) is 0.133. The molecule has 0 bridgehead atoms. The number of halogens is 1. The van der Waals surface area contributed by atoms with E-state index in [1.165, 1.54) is 0 Å². The molecule has 0 atom stereocenters. The molecule has 2 aromatic carbocycles. The van der Waals surface area contributed by atoms with Crippen LogP contribution in [0.1, 0.15) is 5.56 Å². The normalized spacial score (nSPS) is 13.1. The topological polar surface area (TPSA) is 76.4 Å². The van der Waals surface area contributed by atoms with Crippen LogP contribution in [0.2, 0.25) is 5.02 Å². The number of anilines is 4. The van der Waals surface area contributed by atoms with Crippen molar-refractivity contribution in [1.29, 1.82) is 0 Å². The summed E-state index contributed by atoms with van der Waals surface area (Å²) in [6.07, 6.45) is 0. The molecule has 1 aliphatic rings. The van der Waals surface area contributed by atoms with Crippen molar-refractivity contribution in [3.63, 3.8) is 0 Å². The van der Waals surface area contributed by atoms with E-state index >= 15 is 0 Å². The summed E-state index contributed by atoms with van der Waals surface area (Å²) in [6, 6.07) is 9.04. The summed E-state index contributed by atoms with van der Waals surface area (Å²) in [7, 11) is 0. The Morgan fingerprint density at radius 2 is 2.14 bits per heavy atom. The molecule has 0 aliphatic carbocycles. The van der Waals surface area contributed by atoms with Gasteiger partial charge in [-0.2, -0.15) is 0 Å². The number of fused-ring (bicyclic) bond motifs is 1. The van der Waals surface area contributed by atoms with E-state index in [1.54, 1.807) is 12.1 Å². The zero-order valence-electron chi connectivity index (χ0n) is 11.4. The third-order valence-electron chi connectivity index (χ3n) is 3.32. The van der Waals surface area contributed by atoms with Crippen LogP contribution in [0, 0.1) is 6.92 Å². The largest absolute Gasteiger partial charge is 0.482 e. The SMILES string of the molecule is Cc1c(Cl)cccc1Nc1cc2c(cc1N)OCC(=O)N2. The van der Waals surface area contributed by atoms with E-state index in [1.807, 2.05) is 25.1 Å². The summed E-state index contributed by atoms with van der Waals surface area (Å²) in [5, 5.41) is 6.66. The van der Waals surface area contributed by atoms with Gasteiger partial charge in [-0.25, -0.2) is 0 Å². The number of benzene rings is 2. The van der Waals surface area contributed by atoms with Gasteiger partial charge in [0.2, 0.25) is 0 Å². The summed E-state index contributed by atoms with van der Waals surface area (Å²) in [5.41, 5.74) is 9.63. The van der Waals surface area contributed by atoms with Crippen molar-refractivity contribution in [3.8, 4) is 5.75 Å². The van der Waals surface area contributed by atoms with E-state index in [2.05, 4.69) is 10.6 Å². The van der Waals surface area contributed by atoms with Gasteiger partial charge in [-0.3, -0.25) is 4.79 Å². The minimum atomic E-state index is -0.183. The highest BCUT2D eigenvalue weighted by molar-refractivity contribution is 6.31. The molecule has 6 heteroatoms. The molecule has 0 fully saturated rings. The van der Waals surface area contributed by atoms with Gasteiger partial charge in [0, 0.05) is 16.8 Å². The molecule has 3 rings (SSSR count). The molecule has 5 nitrogen and oxygen atoms in total. The molecule has 21 heavy (non-hydrogen) atoms. The van der Waals surface area contributed by atoms with Gasteiger partial charge in [0.1, 0.15) is 5.75 Å². The van der Waals surface area contributed by atoms with Crippen molar-refractivity contribution in [2.45, 2.75) is 6.92 Å². The lowest BCUT2D eigenvalue weighted by molar-refractivity contribution is -0.118. The number of amides is 1. The highest BCUT2D eigenvalue weighted by atomic mass is 35.5. The van der Waals surface area contributed by atoms with Crippen LogP contribution in [-0.4, -0.2) is 12.5 Å². The van der Waals surface area contributed by atoms with Crippen LogP contribution in [0.5, 0.6) is 5.75 Å². The Kier molecular flexibility index (Phi) is 3.35. The third-order valence-corrected chi connectivity index (χ3v) is 3.73. The Morgan fingerprint density at radius 3 is 2.95 bits per heavy atom. The number of nitrogens with one attached hydrogen (secondary N) is 2. The predicted octanol–water partition coefficient (Wildman–Crippen LogP) is 3.31. The summed E-state index contributed by atoms with van der Waals surface area (Å²) < 4.78 is 5.32. The van der Waals surface area contributed by atoms with Gasteiger partial charge < -0.3 is 21.1 Å². The third kappa shape index (κ3) is 2.60. The fourth-order valence-electron chi connectivity index (χ4n) is 2.14. The lowest BCUT2D eigenvalue weighted by atomic mass is 10.1. The molecule has 0 radical (unpaired) electrons. The molecule has 0 spiro atoms. The summed E-state index contributed by atoms with van der Waals surface area (Å²) in [5.74, 6) is 0.387. The highest BCUT2D eigenvalue weighted by Crippen LogP contribution is 2.37. The van der Waals surface area contributed by atoms with Gasteiger partial charge >= 0.3 is 0 Å². The minimum Gasteiger partial charge on any atom is -0.482 e. The Labute approximate surface area is 127 Å². The lowest BCUT2D eigenvalue weighted by Gasteiger charge is -2.21. The zero-order valence-corrected chi connectivity index (χ0v) is 12.1. The number of carbonyl (C=O) groups is 1. The molecule has 0 unspecified atom stereocenters. The quantitative estimate of drug-likeness (QED) is 0.744. The average molecular weight is 304 g/mol. The lowest BCUT2D eigenvalue weighted by Crippen LogP contribution is -2.25. The second-order valence-corrected chi connectivity index (χ2v) is 5.22. The Bertz CT molecular complexity index is 731. The first-order valence-electron chi connectivity index (χ1n) is 6.43. The molecule has 4 N–H and O–H groups in total. The number of ether oxygens (including phenoxy) is 1. The van der Waals surface area contributed by atoms with Crippen LogP contribution in [0.4, 0.5) is 22.7 Å². The molecule has 2 aromatic rings. The number of hydrogen-bond acceptors (Lipinski definition) is 4. The maximum absolute atomic E-state index is 11.4. The van der Waals surface area contributed by atoms with E-state index in [4.69, 9.17) is 22.1 Å². The van der Waals surface area contributed by atoms with E-state index in [-0.39, 0.29) is 12.5 Å². The first-order chi connectivity index (χ1) is 10.0. The van der Waals surface area contributed by atoms with Crippen LogP contribution in [0.15, 0.2) is 30.3 Å². The van der Waals surface area contributed by atoms with Crippen molar-refractivity contribution in [2.75, 3.05) is 23.0 Å². The van der Waals surface area contributed by atoms with Gasteiger partial charge in [0.15, 0.2) is 6.61 Å². The standard InChI is InChI=1S/C15H14ClN3O2/c1-8-9(16)3-2-4-11(8)18-12-6-13-14(5-10(12)17)21-7-15(20)19-13/h2-6,18H,7,17H2,1H3,(H,19,20). The maximum atomic E-state index is 11.4. The molecule has 0 saturated carbocycles. The van der Waals surface area contributed by atoms with Crippen LogP contribution in [0.3, 0.4) is 0 Å². The molecular weight excluding hydrogens is 290 g/mol. The van der Waals surface area contributed by atoms with Gasteiger partial charge in [0.05, 0.1) is 17.1 Å². The van der Waals surface area contributed by atoms with Crippen LogP contribution < -0.4 is 21.1 Å². The second-order valence-electron chi connectivity index (χ2n) is 4.81. The smallest absolute Gasteiger partial charge is 0.262 e. The van der Waals surface area contributed by atoms with Crippen LogP contribution in [-0.2, 0) is 4.79 Å². The number of carbonyl (C=O) groups excluding carboxylic acids is 1.